The lowest BCUT2D eigenvalue weighted by molar-refractivity contribution is 0.0939. The number of halogens is 1. The molecule has 2 aromatic heterocycles. The number of benzene rings is 2. The van der Waals surface area contributed by atoms with E-state index in [1.54, 1.807) is 0 Å². The Morgan fingerprint density at radius 1 is 0.806 bits per heavy atom. The third-order valence-electron chi connectivity index (χ3n) is 5.77. The van der Waals surface area contributed by atoms with E-state index in [9.17, 15) is 9.59 Å². The number of carbonyl (C=O) groups excluding carboxylic acids is 2. The van der Waals surface area contributed by atoms with Gasteiger partial charge in [-0.05, 0) is 17.1 Å². The van der Waals surface area contributed by atoms with E-state index in [0.29, 0.717) is 0 Å². The van der Waals surface area contributed by atoms with Crippen molar-refractivity contribution in [2.24, 2.45) is 7.05 Å². The Hall–Kier alpha value is -2.81. The molecule has 2 aromatic carbocycles. The summed E-state index contributed by atoms with van der Waals surface area (Å²) in [5.41, 5.74) is 6.09. The second kappa shape index (κ2) is 9.13. The molecule has 7 heteroatoms. The molecule has 4 heterocycles. The lowest BCUT2D eigenvalue weighted by Gasteiger charge is -2.14. The van der Waals surface area contributed by atoms with Crippen LogP contribution in [0.3, 0.4) is 0 Å². The highest BCUT2D eigenvalue weighted by Crippen LogP contribution is 2.27. The molecule has 0 radical (unpaired) electrons. The topological polar surface area (TPSA) is 78.9 Å². The van der Waals surface area contributed by atoms with Gasteiger partial charge in [0, 0.05) is 66.2 Å². The number of amides is 2. The summed E-state index contributed by atoms with van der Waals surface area (Å²) in [7, 11) is 2.03. The normalized spacial score (nSPS) is 14.4. The van der Waals surface area contributed by atoms with Gasteiger partial charge in [0.15, 0.2) is 0 Å². The summed E-state index contributed by atoms with van der Waals surface area (Å²) in [6.07, 6.45) is 1.82. The average molecular weight is 528 g/mol. The molecule has 4 aromatic rings. The van der Waals surface area contributed by atoms with Crippen LogP contribution in [0.2, 0.25) is 0 Å². The van der Waals surface area contributed by atoms with Crippen molar-refractivity contribution in [1.29, 1.82) is 0 Å². The molecule has 160 valence electrons. The zero-order chi connectivity index (χ0) is 22.0. The predicted molar refractivity (Wildman–Crippen MR) is 133 cm³/mol. The first-order chi connectivity index (χ1) is 15.1. The summed E-state index contributed by atoms with van der Waals surface area (Å²) in [5.74, 6) is 0.108. The fraction of sp³-hybridized carbons (Fsp3) is 0.250. The van der Waals surface area contributed by atoms with Gasteiger partial charge in [-0.1, -0.05) is 59.0 Å². The second-order valence-corrected chi connectivity index (χ2v) is 7.43. The molecule has 0 unspecified atom stereocenters. The first-order valence-electron chi connectivity index (χ1n) is 10.2. The van der Waals surface area contributed by atoms with E-state index in [-0.39, 0.29) is 11.8 Å². The van der Waals surface area contributed by atoms with Gasteiger partial charge in [0.1, 0.15) is 0 Å². The van der Waals surface area contributed by atoms with Crippen LogP contribution in [-0.2, 0) is 19.9 Å². The molecule has 0 saturated carbocycles. The van der Waals surface area contributed by atoms with Gasteiger partial charge in [-0.2, -0.15) is 0 Å². The summed E-state index contributed by atoms with van der Waals surface area (Å²) in [5, 5.41) is 7.84. The van der Waals surface area contributed by atoms with Crippen LogP contribution < -0.4 is 10.6 Å². The highest BCUT2D eigenvalue weighted by Gasteiger charge is 2.23. The molecule has 0 bridgehead atoms. The van der Waals surface area contributed by atoms with Crippen LogP contribution in [0.25, 0.3) is 21.8 Å². The Balaban J connectivity index is 0.000000139. The predicted octanol–water partition coefficient (Wildman–Crippen LogP) is 3.97. The van der Waals surface area contributed by atoms with Crippen LogP contribution in [0.15, 0.2) is 48.5 Å². The van der Waals surface area contributed by atoms with Crippen LogP contribution in [0.1, 0.15) is 32.1 Å². The number of para-hydroxylation sites is 2. The SMILES string of the molecule is CI.Cn1c2c(c3ccccc31)C(=O)NCC2.O=C1NCCc2[nH]c3ccccc3c21. The monoisotopic (exact) mass is 528 g/mol. The van der Waals surface area contributed by atoms with Gasteiger partial charge in [0.2, 0.25) is 0 Å². The Kier molecular flexibility index (Phi) is 6.31. The molecule has 2 amide bonds. The maximum absolute atomic E-state index is 11.8. The van der Waals surface area contributed by atoms with Crippen molar-refractivity contribution < 1.29 is 9.59 Å². The Morgan fingerprint density at radius 3 is 2.19 bits per heavy atom. The maximum Gasteiger partial charge on any atom is 0.253 e. The van der Waals surface area contributed by atoms with Crippen molar-refractivity contribution in [3.63, 3.8) is 0 Å². The smallest absolute Gasteiger partial charge is 0.253 e. The largest absolute Gasteiger partial charge is 0.358 e. The van der Waals surface area contributed by atoms with Crippen LogP contribution in [0, 0.1) is 0 Å². The summed E-state index contributed by atoms with van der Waals surface area (Å²) in [6.45, 7) is 1.48. The highest BCUT2D eigenvalue weighted by atomic mass is 127. The Bertz CT molecular complexity index is 1270. The number of nitrogens with zero attached hydrogens (tertiary/aromatic N) is 1. The number of H-pyrrole nitrogens is 1. The van der Waals surface area contributed by atoms with E-state index < -0.39 is 0 Å². The number of hydrogen-bond acceptors (Lipinski definition) is 2. The summed E-state index contributed by atoms with van der Waals surface area (Å²) in [6, 6.07) is 16.0. The lowest BCUT2D eigenvalue weighted by atomic mass is 10.1. The van der Waals surface area contributed by atoms with Crippen LogP contribution in [-0.4, -0.2) is 39.4 Å². The summed E-state index contributed by atoms with van der Waals surface area (Å²) >= 11 is 2.15. The third-order valence-corrected chi connectivity index (χ3v) is 5.77. The molecule has 0 atom stereocenters. The van der Waals surface area contributed by atoms with Crippen molar-refractivity contribution in [1.82, 2.24) is 20.2 Å². The number of hydrogen-bond donors (Lipinski definition) is 3. The standard InChI is InChI=1S/C12H12N2O.C11H10N2O.CH3I/c1-14-9-5-3-2-4-8(9)11-10(14)6-7-13-12(11)15;14-11-10-7-3-1-2-4-8(7)13-9(10)5-6-12-11;1-2/h2-5H,6-7H2,1H3,(H,13,15);1-4,13H,5-6H2,(H,12,14);1H3. The van der Waals surface area contributed by atoms with Gasteiger partial charge in [0.05, 0.1) is 11.1 Å². The number of nitrogens with one attached hydrogen (secondary N) is 3. The van der Waals surface area contributed by atoms with Crippen molar-refractivity contribution in [3.05, 3.63) is 71.0 Å². The van der Waals surface area contributed by atoms with Gasteiger partial charge in [0.25, 0.3) is 11.8 Å². The minimum atomic E-state index is 0.0451. The van der Waals surface area contributed by atoms with Crippen LogP contribution >= 0.6 is 22.6 Å². The molecule has 0 aliphatic carbocycles. The number of rotatable bonds is 0. The minimum absolute atomic E-state index is 0.0451. The van der Waals surface area contributed by atoms with Gasteiger partial charge < -0.3 is 20.2 Å². The number of aromatic amines is 1. The Labute approximate surface area is 194 Å². The molecule has 2 aliphatic rings. The second-order valence-electron chi connectivity index (χ2n) is 7.43. The Morgan fingerprint density at radius 2 is 1.42 bits per heavy atom. The van der Waals surface area contributed by atoms with Crippen LogP contribution in [0.5, 0.6) is 0 Å². The van der Waals surface area contributed by atoms with Gasteiger partial charge in [-0.3, -0.25) is 9.59 Å². The van der Waals surface area contributed by atoms with E-state index in [2.05, 4.69) is 48.8 Å². The number of alkyl halides is 1. The highest BCUT2D eigenvalue weighted by molar-refractivity contribution is 14.1. The quantitative estimate of drug-likeness (QED) is 0.239. The van der Waals surface area contributed by atoms with Crippen molar-refractivity contribution >= 4 is 56.2 Å². The molecule has 0 fully saturated rings. The number of carbonyl (C=O) groups is 2. The number of aryl methyl sites for hydroxylation is 1. The first kappa shape index (κ1) is 21.4. The van der Waals surface area contributed by atoms with Gasteiger partial charge in [-0.25, -0.2) is 0 Å². The molecular formula is C24H25IN4O2. The summed E-state index contributed by atoms with van der Waals surface area (Å²) < 4.78 is 2.13. The first-order valence-corrected chi connectivity index (χ1v) is 12.4. The van der Waals surface area contributed by atoms with Crippen molar-refractivity contribution in [3.8, 4) is 0 Å². The average Bonchev–Trinajstić information content (AvgIpc) is 3.33. The zero-order valence-corrected chi connectivity index (χ0v) is 19.7. The molecule has 3 N–H and O–H groups in total. The molecule has 6 nitrogen and oxygen atoms in total. The number of fused-ring (bicyclic) bond motifs is 6. The molecule has 2 aliphatic heterocycles. The fourth-order valence-electron chi connectivity index (χ4n) is 4.41. The van der Waals surface area contributed by atoms with E-state index in [4.69, 9.17) is 0 Å². The van der Waals surface area contributed by atoms with E-state index >= 15 is 0 Å². The van der Waals surface area contributed by atoms with E-state index in [1.165, 1.54) is 0 Å². The molecule has 0 saturated heterocycles. The lowest BCUT2D eigenvalue weighted by Crippen LogP contribution is -2.32. The minimum Gasteiger partial charge on any atom is -0.358 e. The summed E-state index contributed by atoms with van der Waals surface area (Å²) in [4.78, 5) is 28.7. The molecular weight excluding hydrogens is 503 g/mol. The number of aromatic nitrogens is 2. The van der Waals surface area contributed by atoms with Crippen LogP contribution in [0.4, 0.5) is 0 Å². The molecule has 6 rings (SSSR count). The van der Waals surface area contributed by atoms with Crippen molar-refractivity contribution in [2.45, 2.75) is 12.8 Å². The van der Waals surface area contributed by atoms with E-state index in [1.807, 2.05) is 54.4 Å². The van der Waals surface area contributed by atoms with Gasteiger partial charge in [-0.15, -0.1) is 0 Å². The van der Waals surface area contributed by atoms with E-state index in [0.717, 1.165) is 70.3 Å². The fourth-order valence-corrected chi connectivity index (χ4v) is 4.41. The van der Waals surface area contributed by atoms with Gasteiger partial charge >= 0.3 is 0 Å². The maximum atomic E-state index is 11.8. The third kappa shape index (κ3) is 3.82. The molecule has 0 spiro atoms. The molecule has 31 heavy (non-hydrogen) atoms. The van der Waals surface area contributed by atoms with Crippen molar-refractivity contribution in [2.75, 3.05) is 18.0 Å². The zero-order valence-electron chi connectivity index (χ0n) is 17.6.